The summed E-state index contributed by atoms with van der Waals surface area (Å²) in [6, 6.07) is 6.45. The molecular weight excluding hydrogens is 439 g/mol. The Hall–Kier alpha value is -3.35. The average Bonchev–Trinajstić information content (AvgIpc) is 3.38. The number of hydrogen-bond donors (Lipinski definition) is 0. The van der Waals surface area contributed by atoms with Gasteiger partial charge in [0.05, 0.1) is 24.2 Å². The number of rotatable bonds is 2. The zero-order valence-electron chi connectivity index (χ0n) is 17.1. The Morgan fingerprint density at radius 1 is 1.35 bits per heavy atom. The van der Waals surface area contributed by atoms with Crippen LogP contribution >= 0.6 is 22.9 Å². The standard InChI is InChI=1S/C21H14ClFN6OS/c1-11-18-26-27-19(20-25-16-10-15(24-2)14(22)9-17(16)31-20)29(18)8-7-28(11)21(30)12-3-5-13(23)6-4-12/h3-6,9-11H,7-8H2,1H3/t11-/m1/s1/i5D. The molecule has 1 aliphatic heterocycles. The van der Waals surface area contributed by atoms with E-state index < -0.39 is 5.82 Å². The minimum Gasteiger partial charge on any atom is -0.327 e. The van der Waals surface area contributed by atoms with Gasteiger partial charge in [0.2, 0.25) is 5.69 Å². The maximum absolute atomic E-state index is 13.4. The molecule has 0 saturated carbocycles. The third kappa shape index (κ3) is 3.24. The monoisotopic (exact) mass is 453 g/mol. The Labute approximate surface area is 186 Å². The maximum Gasteiger partial charge on any atom is 0.254 e. The average molecular weight is 454 g/mol. The predicted molar refractivity (Wildman–Crippen MR) is 116 cm³/mol. The van der Waals surface area contributed by atoms with Crippen LogP contribution in [0.1, 0.15) is 30.5 Å². The van der Waals surface area contributed by atoms with Crippen LogP contribution in [-0.2, 0) is 6.54 Å². The minimum absolute atomic E-state index is 0.259. The minimum atomic E-state index is -0.668. The maximum atomic E-state index is 13.4. The van der Waals surface area contributed by atoms with Gasteiger partial charge < -0.3 is 9.47 Å². The van der Waals surface area contributed by atoms with E-state index in [1.54, 1.807) is 17.0 Å². The summed E-state index contributed by atoms with van der Waals surface area (Å²) in [4.78, 5) is 22.7. The molecule has 0 bridgehead atoms. The number of benzene rings is 2. The quantitative estimate of drug-likeness (QED) is 0.395. The van der Waals surface area contributed by atoms with E-state index >= 15 is 0 Å². The molecule has 0 radical (unpaired) electrons. The van der Waals surface area contributed by atoms with Crippen molar-refractivity contribution in [3.63, 3.8) is 0 Å². The van der Waals surface area contributed by atoms with Crippen LogP contribution in [0.3, 0.4) is 0 Å². The van der Waals surface area contributed by atoms with E-state index in [1.807, 2.05) is 11.5 Å². The first-order valence-corrected chi connectivity index (χ1v) is 10.5. The highest BCUT2D eigenvalue weighted by molar-refractivity contribution is 7.21. The van der Waals surface area contributed by atoms with Gasteiger partial charge in [0.25, 0.3) is 5.91 Å². The summed E-state index contributed by atoms with van der Waals surface area (Å²) < 4.78 is 23.8. The number of thiazole rings is 1. The number of aromatic nitrogens is 4. The van der Waals surface area contributed by atoms with E-state index in [9.17, 15) is 9.18 Å². The summed E-state index contributed by atoms with van der Waals surface area (Å²) in [5.74, 6) is 0.254. The summed E-state index contributed by atoms with van der Waals surface area (Å²) in [5, 5.41) is 9.66. The van der Waals surface area contributed by atoms with Gasteiger partial charge in [-0.2, -0.15) is 0 Å². The van der Waals surface area contributed by atoms with E-state index in [0.29, 0.717) is 46.0 Å². The Kier molecular flexibility index (Phi) is 4.40. The molecular formula is C21H14ClFN6OS. The number of hydrogen-bond acceptors (Lipinski definition) is 5. The van der Waals surface area contributed by atoms with Crippen molar-refractivity contribution in [1.29, 1.82) is 0 Å². The van der Waals surface area contributed by atoms with E-state index in [-0.39, 0.29) is 23.6 Å². The zero-order valence-corrected chi connectivity index (χ0v) is 17.7. The molecule has 0 unspecified atom stereocenters. The second-order valence-electron chi connectivity index (χ2n) is 7.04. The van der Waals surface area contributed by atoms with Gasteiger partial charge in [0.15, 0.2) is 16.7 Å². The largest absolute Gasteiger partial charge is 0.327 e. The second kappa shape index (κ2) is 7.41. The smallest absolute Gasteiger partial charge is 0.254 e. The molecule has 154 valence electrons. The lowest BCUT2D eigenvalue weighted by molar-refractivity contribution is 0.0638. The fraction of sp³-hybridized carbons (Fsp3) is 0.190. The van der Waals surface area contributed by atoms with Crippen LogP contribution in [0.25, 0.3) is 25.9 Å². The zero-order chi connectivity index (χ0) is 22.6. The topological polar surface area (TPSA) is 68.3 Å². The van der Waals surface area contributed by atoms with E-state index in [0.717, 1.165) is 10.8 Å². The molecule has 1 aliphatic rings. The van der Waals surface area contributed by atoms with Crippen molar-refractivity contribution in [2.24, 2.45) is 0 Å². The molecule has 0 spiro atoms. The highest BCUT2D eigenvalue weighted by Gasteiger charge is 2.32. The van der Waals surface area contributed by atoms with Gasteiger partial charge >= 0.3 is 0 Å². The Bertz CT molecular complexity index is 1440. The number of carbonyl (C=O) groups is 1. The third-order valence-electron chi connectivity index (χ3n) is 5.24. The van der Waals surface area contributed by atoms with Crippen molar-refractivity contribution < 1.29 is 10.6 Å². The third-order valence-corrected chi connectivity index (χ3v) is 6.55. The lowest BCUT2D eigenvalue weighted by Crippen LogP contribution is -2.41. The summed E-state index contributed by atoms with van der Waals surface area (Å²) >= 11 is 7.56. The fourth-order valence-corrected chi connectivity index (χ4v) is 4.90. The molecule has 0 N–H and O–H groups in total. The van der Waals surface area contributed by atoms with Crippen molar-refractivity contribution in [2.75, 3.05) is 6.54 Å². The number of nitrogens with zero attached hydrogens (tertiary/aromatic N) is 6. The van der Waals surface area contributed by atoms with Gasteiger partial charge in [-0.1, -0.05) is 11.6 Å². The van der Waals surface area contributed by atoms with E-state index in [2.05, 4.69) is 20.0 Å². The molecule has 0 aliphatic carbocycles. The number of fused-ring (bicyclic) bond motifs is 2. The highest BCUT2D eigenvalue weighted by Crippen LogP contribution is 2.37. The van der Waals surface area contributed by atoms with Gasteiger partial charge in [0, 0.05) is 23.7 Å². The number of halogens is 2. The SMILES string of the molecule is [2H]c1cc(C(=O)N2CCn3c(-c4nc5cc([N+]#[C-])c(Cl)cc5s4)nnc3[C@H]2C)ccc1F. The van der Waals surface area contributed by atoms with Crippen LogP contribution in [0.15, 0.2) is 36.4 Å². The summed E-state index contributed by atoms with van der Waals surface area (Å²) in [6.07, 6.45) is 0. The number of carbonyl (C=O) groups excluding carboxylic acids is 1. The normalized spacial score (nSPS) is 16.1. The lowest BCUT2D eigenvalue weighted by atomic mass is 10.1. The molecule has 5 rings (SSSR count). The van der Waals surface area contributed by atoms with Crippen LogP contribution in [-0.4, -0.2) is 37.1 Å². The number of amides is 1. The summed E-state index contributed by atoms with van der Waals surface area (Å²) in [5.41, 5.74) is 1.27. The van der Waals surface area contributed by atoms with Crippen molar-refractivity contribution >= 4 is 44.7 Å². The summed E-state index contributed by atoms with van der Waals surface area (Å²) in [7, 11) is 0. The van der Waals surface area contributed by atoms with Gasteiger partial charge in [-0.3, -0.25) is 4.79 Å². The van der Waals surface area contributed by atoms with Crippen molar-refractivity contribution in [3.05, 3.63) is 70.0 Å². The van der Waals surface area contributed by atoms with Crippen LogP contribution in [0.5, 0.6) is 0 Å². The summed E-state index contributed by atoms with van der Waals surface area (Å²) in [6.45, 7) is 9.94. The molecule has 2 aromatic carbocycles. The Morgan fingerprint density at radius 3 is 2.97 bits per heavy atom. The van der Waals surface area contributed by atoms with Gasteiger partial charge in [-0.15, -0.1) is 21.5 Å². The van der Waals surface area contributed by atoms with Crippen molar-refractivity contribution in [1.82, 2.24) is 24.6 Å². The van der Waals surface area contributed by atoms with Gasteiger partial charge in [-0.05, 0) is 43.3 Å². The molecule has 3 heterocycles. The molecule has 2 aromatic heterocycles. The van der Waals surface area contributed by atoms with Crippen molar-refractivity contribution in [2.45, 2.75) is 19.5 Å². The first-order valence-electron chi connectivity index (χ1n) is 9.85. The van der Waals surface area contributed by atoms with Crippen LogP contribution in [0.2, 0.25) is 5.02 Å². The first-order chi connectivity index (χ1) is 15.4. The van der Waals surface area contributed by atoms with Gasteiger partial charge in [0.1, 0.15) is 5.82 Å². The first kappa shape index (κ1) is 18.4. The second-order valence-corrected chi connectivity index (χ2v) is 8.47. The predicted octanol–water partition coefficient (Wildman–Crippen LogP) is 5.12. The molecule has 0 saturated heterocycles. The van der Waals surface area contributed by atoms with Crippen LogP contribution in [0.4, 0.5) is 10.1 Å². The molecule has 4 aromatic rings. The lowest BCUT2D eigenvalue weighted by Gasteiger charge is -2.33. The molecule has 10 heteroatoms. The van der Waals surface area contributed by atoms with E-state index in [4.69, 9.17) is 19.5 Å². The fourth-order valence-electron chi connectivity index (χ4n) is 3.65. The molecule has 0 fully saturated rings. The Morgan fingerprint density at radius 2 is 2.19 bits per heavy atom. The Balaban J connectivity index is 1.48. The highest BCUT2D eigenvalue weighted by atomic mass is 35.5. The van der Waals surface area contributed by atoms with Crippen LogP contribution < -0.4 is 0 Å². The molecule has 1 amide bonds. The van der Waals surface area contributed by atoms with Crippen LogP contribution in [0, 0.1) is 12.4 Å². The van der Waals surface area contributed by atoms with Crippen molar-refractivity contribution in [3.8, 4) is 10.8 Å². The van der Waals surface area contributed by atoms with E-state index in [1.165, 1.54) is 23.5 Å². The molecule has 7 nitrogen and oxygen atoms in total. The van der Waals surface area contributed by atoms with Gasteiger partial charge in [-0.25, -0.2) is 14.2 Å². The molecule has 1 atom stereocenters. The molecule has 31 heavy (non-hydrogen) atoms.